The van der Waals surface area contributed by atoms with Gasteiger partial charge in [-0.2, -0.15) is 0 Å². The maximum atomic E-state index is 9.94. The molecule has 16 heavy (non-hydrogen) atoms. The maximum Gasteiger partial charge on any atom is 0.119 e. The van der Waals surface area contributed by atoms with Gasteiger partial charge in [-0.25, -0.2) is 0 Å². The zero-order valence-corrected chi connectivity index (χ0v) is 10.8. The molecule has 2 aliphatic rings. The summed E-state index contributed by atoms with van der Waals surface area (Å²) in [5.74, 6) is 7.46. The van der Waals surface area contributed by atoms with Gasteiger partial charge in [0, 0.05) is 5.41 Å². The van der Waals surface area contributed by atoms with Gasteiger partial charge in [0.25, 0.3) is 0 Å². The molecule has 0 spiro atoms. The van der Waals surface area contributed by atoms with Gasteiger partial charge in [-0.1, -0.05) is 51.9 Å². The van der Waals surface area contributed by atoms with Crippen molar-refractivity contribution in [3.05, 3.63) is 0 Å². The van der Waals surface area contributed by atoms with Crippen LogP contribution in [0, 0.1) is 28.6 Å². The van der Waals surface area contributed by atoms with Gasteiger partial charge in [-0.3, -0.25) is 0 Å². The molecule has 90 valence electrons. The van der Waals surface area contributed by atoms with E-state index in [0.717, 1.165) is 5.92 Å². The Morgan fingerprint density at radius 3 is 2.31 bits per heavy atom. The van der Waals surface area contributed by atoms with Crippen LogP contribution in [-0.2, 0) is 0 Å². The number of aliphatic hydroxyl groups is 1. The second-order valence-corrected chi connectivity index (χ2v) is 6.82. The number of aliphatic hydroxyl groups excluding tert-OH is 1. The lowest BCUT2D eigenvalue weighted by molar-refractivity contribution is 0.112. The monoisotopic (exact) mass is 220 g/mol. The summed E-state index contributed by atoms with van der Waals surface area (Å²) in [6, 6.07) is 0. The Kier molecular flexibility index (Phi) is 3.05. The van der Waals surface area contributed by atoms with E-state index in [1.54, 1.807) is 0 Å². The lowest BCUT2D eigenvalue weighted by Gasteiger charge is -2.37. The van der Waals surface area contributed by atoms with E-state index in [0.29, 0.717) is 0 Å². The van der Waals surface area contributed by atoms with E-state index in [4.69, 9.17) is 0 Å². The minimum absolute atomic E-state index is 0.114. The van der Waals surface area contributed by atoms with Gasteiger partial charge >= 0.3 is 0 Å². The molecule has 0 aliphatic heterocycles. The van der Waals surface area contributed by atoms with Crippen molar-refractivity contribution in [2.75, 3.05) is 0 Å². The Morgan fingerprint density at radius 2 is 1.94 bits per heavy atom. The third-order valence-corrected chi connectivity index (χ3v) is 3.98. The molecule has 2 saturated carbocycles. The van der Waals surface area contributed by atoms with E-state index >= 15 is 0 Å². The molecule has 0 bridgehead atoms. The predicted octanol–water partition coefficient (Wildman–Crippen LogP) is 3.37. The number of hydrogen-bond acceptors (Lipinski definition) is 1. The Morgan fingerprint density at radius 1 is 1.31 bits per heavy atom. The molecular weight excluding hydrogens is 196 g/mol. The zero-order valence-electron chi connectivity index (χ0n) is 10.8. The van der Waals surface area contributed by atoms with E-state index in [9.17, 15) is 5.11 Å². The largest absolute Gasteiger partial charge is 0.380 e. The first kappa shape index (κ1) is 12.0. The van der Waals surface area contributed by atoms with Crippen molar-refractivity contribution in [3.8, 4) is 11.8 Å². The van der Waals surface area contributed by atoms with Crippen LogP contribution in [0.1, 0.15) is 59.3 Å². The SMILES string of the molecule is CC(C)(C)C(O)C#CC1(CC2CC2)CCC1. The Labute approximate surface area is 99.6 Å². The molecule has 1 N–H and O–H groups in total. The molecule has 2 fully saturated rings. The summed E-state index contributed by atoms with van der Waals surface area (Å²) in [7, 11) is 0. The molecule has 0 aromatic carbocycles. The molecule has 1 atom stereocenters. The molecule has 0 radical (unpaired) electrons. The molecule has 0 aromatic heterocycles. The van der Waals surface area contributed by atoms with Crippen molar-refractivity contribution < 1.29 is 5.11 Å². The Balaban J connectivity index is 1.97. The maximum absolute atomic E-state index is 9.94. The molecule has 0 heterocycles. The van der Waals surface area contributed by atoms with Crippen LogP contribution in [0.4, 0.5) is 0 Å². The zero-order chi connectivity index (χ0) is 11.8. The molecule has 0 aromatic rings. The van der Waals surface area contributed by atoms with Crippen molar-refractivity contribution >= 4 is 0 Å². The van der Waals surface area contributed by atoms with Crippen LogP contribution in [0.2, 0.25) is 0 Å². The van der Waals surface area contributed by atoms with Crippen LogP contribution in [0.5, 0.6) is 0 Å². The highest BCUT2D eigenvalue weighted by Gasteiger charge is 2.40. The molecule has 1 unspecified atom stereocenters. The normalized spacial score (nSPS) is 25.2. The van der Waals surface area contributed by atoms with E-state index in [1.165, 1.54) is 38.5 Å². The standard InChI is InChI=1S/C15H24O/c1-14(2,3)13(16)7-10-15(8-4-9-15)11-12-5-6-12/h12-13,16H,4-6,8-9,11H2,1-3H3. The summed E-state index contributed by atoms with van der Waals surface area (Å²) in [5.41, 5.74) is 0.172. The number of rotatable bonds is 2. The fourth-order valence-electron chi connectivity index (χ4n) is 2.30. The highest BCUT2D eigenvalue weighted by Crippen LogP contribution is 2.50. The molecule has 0 saturated heterocycles. The van der Waals surface area contributed by atoms with Crippen LogP contribution in [-0.4, -0.2) is 11.2 Å². The molecule has 2 aliphatic carbocycles. The van der Waals surface area contributed by atoms with Crippen molar-refractivity contribution in [1.82, 2.24) is 0 Å². The summed E-state index contributed by atoms with van der Waals surface area (Å²) in [5, 5.41) is 9.94. The second-order valence-electron chi connectivity index (χ2n) is 6.82. The van der Waals surface area contributed by atoms with Crippen molar-refractivity contribution in [2.45, 2.75) is 65.4 Å². The molecular formula is C15H24O. The average Bonchev–Trinajstić information content (AvgIpc) is 2.90. The molecule has 1 heteroatoms. The summed E-state index contributed by atoms with van der Waals surface area (Å²) in [6.07, 6.45) is 7.46. The topological polar surface area (TPSA) is 20.2 Å². The lowest BCUT2D eigenvalue weighted by Crippen LogP contribution is -2.30. The van der Waals surface area contributed by atoms with Gasteiger partial charge in [0.05, 0.1) is 0 Å². The van der Waals surface area contributed by atoms with Gasteiger partial charge in [-0.15, -0.1) is 0 Å². The fraction of sp³-hybridized carbons (Fsp3) is 0.867. The molecule has 0 amide bonds. The minimum Gasteiger partial charge on any atom is -0.380 e. The first-order chi connectivity index (χ1) is 7.41. The highest BCUT2D eigenvalue weighted by molar-refractivity contribution is 5.19. The van der Waals surface area contributed by atoms with Crippen LogP contribution < -0.4 is 0 Å². The Hall–Kier alpha value is -0.480. The van der Waals surface area contributed by atoms with E-state index in [2.05, 4.69) is 11.8 Å². The third-order valence-electron chi connectivity index (χ3n) is 3.98. The van der Waals surface area contributed by atoms with E-state index in [1.807, 2.05) is 20.8 Å². The average molecular weight is 220 g/mol. The summed E-state index contributed by atoms with van der Waals surface area (Å²) >= 11 is 0. The Bertz CT molecular complexity index is 305. The quantitative estimate of drug-likeness (QED) is 0.707. The van der Waals surface area contributed by atoms with Crippen LogP contribution >= 0.6 is 0 Å². The van der Waals surface area contributed by atoms with Crippen molar-refractivity contribution in [2.24, 2.45) is 16.7 Å². The van der Waals surface area contributed by atoms with Crippen LogP contribution in [0.15, 0.2) is 0 Å². The van der Waals surface area contributed by atoms with Crippen molar-refractivity contribution in [1.29, 1.82) is 0 Å². The number of hydrogen-bond donors (Lipinski definition) is 1. The summed E-state index contributed by atoms with van der Waals surface area (Å²) < 4.78 is 0. The minimum atomic E-state index is -0.482. The lowest BCUT2D eigenvalue weighted by atomic mass is 9.66. The van der Waals surface area contributed by atoms with Gasteiger partial charge in [-0.05, 0) is 30.6 Å². The highest BCUT2D eigenvalue weighted by atomic mass is 16.3. The van der Waals surface area contributed by atoms with E-state index in [-0.39, 0.29) is 10.8 Å². The van der Waals surface area contributed by atoms with Gasteiger partial charge in [0.15, 0.2) is 0 Å². The first-order valence-corrected chi connectivity index (χ1v) is 6.62. The third kappa shape index (κ3) is 2.80. The molecule has 2 rings (SSSR count). The smallest absolute Gasteiger partial charge is 0.119 e. The fourth-order valence-corrected chi connectivity index (χ4v) is 2.30. The van der Waals surface area contributed by atoms with Gasteiger partial charge in [0.1, 0.15) is 6.10 Å². The first-order valence-electron chi connectivity index (χ1n) is 6.62. The van der Waals surface area contributed by atoms with Crippen LogP contribution in [0.25, 0.3) is 0 Å². The summed E-state index contributed by atoms with van der Waals surface area (Å²) in [4.78, 5) is 0. The van der Waals surface area contributed by atoms with Gasteiger partial charge < -0.3 is 5.11 Å². The van der Waals surface area contributed by atoms with Crippen LogP contribution in [0.3, 0.4) is 0 Å². The second kappa shape index (κ2) is 4.08. The summed E-state index contributed by atoms with van der Waals surface area (Å²) in [6.45, 7) is 6.13. The predicted molar refractivity (Wildman–Crippen MR) is 66.9 cm³/mol. The van der Waals surface area contributed by atoms with Gasteiger partial charge in [0.2, 0.25) is 0 Å². The molecule has 1 nitrogen and oxygen atoms in total. The van der Waals surface area contributed by atoms with E-state index < -0.39 is 6.10 Å². The van der Waals surface area contributed by atoms with Crippen molar-refractivity contribution in [3.63, 3.8) is 0 Å².